The van der Waals surface area contributed by atoms with E-state index in [2.05, 4.69) is 9.88 Å². The number of halogens is 1. The zero-order chi connectivity index (χ0) is 21.8. The summed E-state index contributed by atoms with van der Waals surface area (Å²) in [6.45, 7) is 1.55. The second-order valence-corrected chi connectivity index (χ2v) is 7.51. The van der Waals surface area contributed by atoms with Gasteiger partial charge in [-0.15, -0.1) is 0 Å². The lowest BCUT2D eigenvalue weighted by Gasteiger charge is -2.18. The van der Waals surface area contributed by atoms with E-state index in [-0.39, 0.29) is 23.3 Å². The van der Waals surface area contributed by atoms with Crippen molar-refractivity contribution in [3.05, 3.63) is 90.0 Å². The molecular weight excluding hydrogens is 393 g/mol. The lowest BCUT2D eigenvalue weighted by Crippen LogP contribution is -2.19. The predicted octanol–water partition coefficient (Wildman–Crippen LogP) is 4.86. The molecule has 0 spiro atoms. The summed E-state index contributed by atoms with van der Waals surface area (Å²) in [5.41, 5.74) is 3.14. The number of allylic oxidation sites excluding steroid dienone is 1. The molecule has 2 N–H and O–H groups in total. The Kier molecular flexibility index (Phi) is 5.89. The molecular formula is C25H22FN3O2. The highest BCUT2D eigenvalue weighted by atomic mass is 19.1. The van der Waals surface area contributed by atoms with E-state index in [4.69, 9.17) is 5.41 Å². The van der Waals surface area contributed by atoms with Gasteiger partial charge in [0.25, 0.3) is 0 Å². The molecule has 2 heterocycles. The van der Waals surface area contributed by atoms with Gasteiger partial charge in [0, 0.05) is 48.4 Å². The minimum absolute atomic E-state index is 0.0881. The van der Waals surface area contributed by atoms with Gasteiger partial charge in [0.05, 0.1) is 0 Å². The molecule has 0 bridgehead atoms. The van der Waals surface area contributed by atoms with Crippen LogP contribution in [0.15, 0.2) is 72.9 Å². The van der Waals surface area contributed by atoms with E-state index in [0.29, 0.717) is 16.8 Å². The maximum absolute atomic E-state index is 13.2. The van der Waals surface area contributed by atoms with E-state index in [1.807, 2.05) is 18.2 Å². The van der Waals surface area contributed by atoms with Crippen LogP contribution in [0.1, 0.15) is 22.5 Å². The molecule has 0 saturated carbocycles. The zero-order valence-corrected chi connectivity index (χ0v) is 16.8. The highest BCUT2D eigenvalue weighted by Gasteiger charge is 2.22. The van der Waals surface area contributed by atoms with Crippen LogP contribution in [0.4, 0.5) is 10.1 Å². The summed E-state index contributed by atoms with van der Waals surface area (Å²) < 4.78 is 13.2. The van der Waals surface area contributed by atoms with Gasteiger partial charge in [0.15, 0.2) is 0 Å². The maximum Gasteiger partial charge on any atom is 0.204 e. The van der Waals surface area contributed by atoms with Crippen molar-refractivity contribution < 1.29 is 14.3 Å². The second kappa shape index (κ2) is 8.92. The van der Waals surface area contributed by atoms with E-state index in [1.165, 1.54) is 12.1 Å². The first-order valence-corrected chi connectivity index (χ1v) is 10.1. The highest BCUT2D eigenvalue weighted by Crippen LogP contribution is 2.29. The number of aromatic hydroxyl groups is 1. The van der Waals surface area contributed by atoms with Crippen LogP contribution in [-0.4, -0.2) is 35.2 Å². The lowest BCUT2D eigenvalue weighted by atomic mass is 10.0. The van der Waals surface area contributed by atoms with Crippen LogP contribution in [0.2, 0.25) is 0 Å². The SMILES string of the molecule is N=Cc1ccc(N2CCC(/C=C/C(=O)c3ncccc3-c3ccc(F)cc3)C2)cc1O. The first-order chi connectivity index (χ1) is 15.0. The van der Waals surface area contributed by atoms with Crippen LogP contribution in [0.3, 0.4) is 0 Å². The summed E-state index contributed by atoms with van der Waals surface area (Å²) in [5.74, 6) is -0.227. The van der Waals surface area contributed by atoms with Gasteiger partial charge < -0.3 is 15.4 Å². The van der Waals surface area contributed by atoms with Crippen LogP contribution in [-0.2, 0) is 0 Å². The normalized spacial score (nSPS) is 16.0. The summed E-state index contributed by atoms with van der Waals surface area (Å²) in [6, 6.07) is 14.9. The monoisotopic (exact) mass is 415 g/mol. The third-order valence-corrected chi connectivity index (χ3v) is 5.48. The fourth-order valence-electron chi connectivity index (χ4n) is 3.80. The maximum atomic E-state index is 13.2. The van der Waals surface area contributed by atoms with Crippen molar-refractivity contribution in [1.29, 1.82) is 5.41 Å². The van der Waals surface area contributed by atoms with Crippen LogP contribution in [0.5, 0.6) is 5.75 Å². The van der Waals surface area contributed by atoms with Gasteiger partial charge in [0.1, 0.15) is 17.3 Å². The average molecular weight is 415 g/mol. The summed E-state index contributed by atoms with van der Waals surface area (Å²) in [4.78, 5) is 19.2. The highest BCUT2D eigenvalue weighted by molar-refractivity contribution is 6.07. The number of hydrogen-bond donors (Lipinski definition) is 2. The molecule has 1 unspecified atom stereocenters. The predicted molar refractivity (Wildman–Crippen MR) is 119 cm³/mol. The molecule has 3 aromatic rings. The number of nitrogens with one attached hydrogen (secondary N) is 1. The molecule has 1 aliphatic heterocycles. The molecule has 1 saturated heterocycles. The van der Waals surface area contributed by atoms with E-state index in [9.17, 15) is 14.3 Å². The number of pyridine rings is 1. The average Bonchev–Trinajstić information content (AvgIpc) is 3.27. The van der Waals surface area contributed by atoms with Crippen molar-refractivity contribution in [2.24, 2.45) is 5.92 Å². The third kappa shape index (κ3) is 4.53. The zero-order valence-electron chi connectivity index (χ0n) is 16.8. The fourth-order valence-corrected chi connectivity index (χ4v) is 3.80. The van der Waals surface area contributed by atoms with Gasteiger partial charge in [-0.1, -0.05) is 24.3 Å². The molecule has 5 nitrogen and oxygen atoms in total. The van der Waals surface area contributed by atoms with Crippen LogP contribution < -0.4 is 4.90 Å². The van der Waals surface area contributed by atoms with E-state index >= 15 is 0 Å². The van der Waals surface area contributed by atoms with Gasteiger partial charge in [-0.3, -0.25) is 9.78 Å². The molecule has 2 aromatic carbocycles. The van der Waals surface area contributed by atoms with Gasteiger partial charge >= 0.3 is 0 Å². The minimum Gasteiger partial charge on any atom is -0.507 e. The molecule has 31 heavy (non-hydrogen) atoms. The number of ketones is 1. The van der Waals surface area contributed by atoms with Gasteiger partial charge in [0.2, 0.25) is 5.78 Å². The molecule has 0 amide bonds. The van der Waals surface area contributed by atoms with Crippen molar-refractivity contribution in [3.8, 4) is 16.9 Å². The number of phenols is 1. The number of aromatic nitrogens is 1. The number of nitrogens with zero attached hydrogens (tertiary/aromatic N) is 2. The van der Waals surface area contributed by atoms with Gasteiger partial charge in [-0.05, 0) is 54.3 Å². The van der Waals surface area contributed by atoms with Crippen molar-refractivity contribution in [1.82, 2.24) is 4.98 Å². The Morgan fingerprint density at radius 2 is 2.00 bits per heavy atom. The molecule has 1 fully saturated rings. The Morgan fingerprint density at radius 1 is 1.19 bits per heavy atom. The first-order valence-electron chi connectivity index (χ1n) is 10.1. The third-order valence-electron chi connectivity index (χ3n) is 5.48. The number of carbonyl (C=O) groups excluding carboxylic acids is 1. The number of phenolic OH excluding ortho intramolecular Hbond substituents is 1. The van der Waals surface area contributed by atoms with Crippen molar-refractivity contribution >= 4 is 17.7 Å². The van der Waals surface area contributed by atoms with Crippen molar-refractivity contribution in [2.45, 2.75) is 6.42 Å². The molecule has 0 radical (unpaired) electrons. The number of rotatable bonds is 6. The first kappa shape index (κ1) is 20.5. The molecule has 6 heteroatoms. The molecule has 1 aliphatic rings. The van der Waals surface area contributed by atoms with Gasteiger partial charge in [-0.2, -0.15) is 0 Å². The molecule has 4 rings (SSSR count). The Hall–Kier alpha value is -3.80. The summed E-state index contributed by atoms with van der Waals surface area (Å²) in [6.07, 6.45) is 7.08. The number of anilines is 1. The summed E-state index contributed by atoms with van der Waals surface area (Å²) >= 11 is 0. The lowest BCUT2D eigenvalue weighted by molar-refractivity contribution is 0.104. The molecule has 1 atom stereocenters. The van der Waals surface area contributed by atoms with Crippen LogP contribution >= 0.6 is 0 Å². The van der Waals surface area contributed by atoms with Crippen molar-refractivity contribution in [2.75, 3.05) is 18.0 Å². The van der Waals surface area contributed by atoms with Crippen LogP contribution in [0, 0.1) is 17.1 Å². The Morgan fingerprint density at radius 3 is 2.74 bits per heavy atom. The Labute approximate surface area is 180 Å². The largest absolute Gasteiger partial charge is 0.507 e. The fraction of sp³-hybridized carbons (Fsp3) is 0.160. The molecule has 0 aliphatic carbocycles. The molecule has 156 valence electrons. The number of hydrogen-bond acceptors (Lipinski definition) is 5. The van der Waals surface area contributed by atoms with Gasteiger partial charge in [-0.25, -0.2) is 4.39 Å². The van der Waals surface area contributed by atoms with E-state index < -0.39 is 0 Å². The van der Waals surface area contributed by atoms with Crippen LogP contribution in [0.25, 0.3) is 11.1 Å². The summed E-state index contributed by atoms with van der Waals surface area (Å²) in [5, 5.41) is 17.3. The standard InChI is InChI=1S/C25H22FN3O2/c26-20-7-4-18(5-8-20)22-2-1-12-28-25(22)23(30)10-3-17-11-13-29(16-17)21-9-6-19(15-27)24(31)14-21/h1-10,12,14-15,17,27,31H,11,13,16H2/b10-3+,27-15?. The Balaban J connectivity index is 1.46. The Bertz CT molecular complexity index is 1140. The number of benzene rings is 2. The second-order valence-electron chi connectivity index (χ2n) is 7.51. The quantitative estimate of drug-likeness (QED) is 0.343. The number of carbonyl (C=O) groups is 1. The molecule has 1 aromatic heterocycles. The smallest absolute Gasteiger partial charge is 0.204 e. The van der Waals surface area contributed by atoms with E-state index in [0.717, 1.165) is 37.0 Å². The van der Waals surface area contributed by atoms with E-state index in [1.54, 1.807) is 42.6 Å². The topological polar surface area (TPSA) is 77.3 Å². The summed E-state index contributed by atoms with van der Waals surface area (Å²) in [7, 11) is 0. The minimum atomic E-state index is -0.327. The van der Waals surface area contributed by atoms with Crippen molar-refractivity contribution in [3.63, 3.8) is 0 Å².